The van der Waals surface area contributed by atoms with Gasteiger partial charge in [-0.3, -0.25) is 0 Å². The lowest BCUT2D eigenvalue weighted by molar-refractivity contribution is 0.415. The number of methoxy groups -OCH3 is 1. The number of nitrogens with one attached hydrogen (secondary N) is 2. The summed E-state index contributed by atoms with van der Waals surface area (Å²) in [5, 5.41) is 3.81. The fourth-order valence-corrected chi connectivity index (χ4v) is 2.19. The summed E-state index contributed by atoms with van der Waals surface area (Å²) in [5.41, 5.74) is 1.16. The van der Waals surface area contributed by atoms with E-state index in [-0.39, 0.29) is 36.0 Å². The van der Waals surface area contributed by atoms with Crippen molar-refractivity contribution in [2.45, 2.75) is 12.3 Å². The zero-order valence-electron chi connectivity index (χ0n) is 13.1. The van der Waals surface area contributed by atoms with Crippen LogP contribution in [0.3, 0.4) is 0 Å². The lowest BCUT2D eigenvalue weighted by atomic mass is 9.98. The molecule has 0 saturated carbocycles. The molecule has 1 aromatic carbocycles. The van der Waals surface area contributed by atoms with Crippen LogP contribution in [0.1, 0.15) is 23.4 Å². The third kappa shape index (κ3) is 1.48. The zero-order chi connectivity index (χ0) is 14.4. The van der Waals surface area contributed by atoms with Crippen molar-refractivity contribution in [1.82, 2.24) is 10.3 Å². The van der Waals surface area contributed by atoms with Gasteiger partial charge in [0, 0.05) is 23.6 Å². The van der Waals surface area contributed by atoms with Gasteiger partial charge in [-0.1, -0.05) is 0 Å². The van der Waals surface area contributed by atoms with E-state index in [9.17, 15) is 0 Å². The largest absolute Gasteiger partial charge is 0.497 e. The van der Waals surface area contributed by atoms with Gasteiger partial charge in [0.25, 0.3) is 0 Å². The first kappa shape index (κ1) is 6.30. The summed E-state index contributed by atoms with van der Waals surface area (Å²) < 4.78 is 37.4. The molecule has 1 aliphatic heterocycles. The van der Waals surface area contributed by atoms with Crippen LogP contribution in [0.25, 0.3) is 10.9 Å². The Morgan fingerprint density at radius 3 is 3.19 bits per heavy atom. The maximum atomic E-state index is 8.24. The third-order valence-electron chi connectivity index (χ3n) is 3.05. The number of H-pyrrole nitrogens is 1. The second-order valence-electron chi connectivity index (χ2n) is 4.01. The topological polar surface area (TPSA) is 37.0 Å². The van der Waals surface area contributed by atoms with Gasteiger partial charge < -0.3 is 15.0 Å². The van der Waals surface area contributed by atoms with Crippen LogP contribution in [-0.4, -0.2) is 25.2 Å². The first-order chi connectivity index (χ1) is 9.56. The monoisotopic (exact) mass is 220 g/mol. The first-order valence-electron chi connectivity index (χ1n) is 7.42. The van der Waals surface area contributed by atoms with Crippen LogP contribution in [-0.2, 0) is 0 Å². The molecule has 1 saturated heterocycles. The van der Waals surface area contributed by atoms with Crippen molar-refractivity contribution in [3.05, 3.63) is 29.9 Å². The van der Waals surface area contributed by atoms with Gasteiger partial charge in [-0.15, -0.1) is 0 Å². The van der Waals surface area contributed by atoms with E-state index in [1.165, 1.54) is 7.11 Å². The summed E-state index contributed by atoms with van der Waals surface area (Å²) in [5.74, 6) is 0.273. The van der Waals surface area contributed by atoms with Crippen molar-refractivity contribution in [3.8, 4) is 5.75 Å². The van der Waals surface area contributed by atoms with Crippen LogP contribution in [0.5, 0.6) is 5.75 Å². The quantitative estimate of drug-likeness (QED) is 0.814. The Morgan fingerprint density at radius 2 is 2.44 bits per heavy atom. The smallest absolute Gasteiger partial charge is 0.119 e. The summed E-state index contributed by atoms with van der Waals surface area (Å²) in [6.07, 6.45) is 1.15. The first-order valence-corrected chi connectivity index (χ1v) is 5.42. The molecular weight excluding hydrogens is 200 g/mol. The molecule has 0 radical (unpaired) electrons. The van der Waals surface area contributed by atoms with E-state index in [1.54, 1.807) is 0 Å². The van der Waals surface area contributed by atoms with E-state index >= 15 is 0 Å². The standard InChI is InChI=1S/C13H16N2O/c1-16-10-2-3-13-11(6-10)12(8-15-13)9-4-5-14-7-9/h2-3,6,8-9,14-15H,4-5,7H2,1H3/t9-/m0/s1/i2D,3D,6D,8D. The van der Waals surface area contributed by atoms with Gasteiger partial charge in [0.05, 0.1) is 12.6 Å². The van der Waals surface area contributed by atoms with E-state index in [0.717, 1.165) is 25.1 Å². The molecule has 2 aromatic rings. The highest BCUT2D eigenvalue weighted by Gasteiger charge is 2.19. The highest BCUT2D eigenvalue weighted by Crippen LogP contribution is 2.31. The van der Waals surface area contributed by atoms with Crippen LogP contribution in [0.15, 0.2) is 24.3 Å². The number of rotatable bonds is 2. The van der Waals surface area contributed by atoms with Crippen LogP contribution in [0.4, 0.5) is 0 Å². The minimum Gasteiger partial charge on any atom is -0.497 e. The number of ether oxygens (including phenoxy) is 1. The SMILES string of the molecule is [2H]c1[nH]c2c([2H])c([2H])c(OC)c([2H])c2c1[C@H]1CCNC1. The van der Waals surface area contributed by atoms with Gasteiger partial charge >= 0.3 is 0 Å². The Balaban J connectivity index is 2.36. The highest BCUT2D eigenvalue weighted by molar-refractivity contribution is 5.85. The Labute approximate surface area is 100 Å². The van der Waals surface area contributed by atoms with Gasteiger partial charge in [-0.25, -0.2) is 0 Å². The van der Waals surface area contributed by atoms with Crippen LogP contribution in [0, 0.1) is 0 Å². The highest BCUT2D eigenvalue weighted by atomic mass is 16.5. The third-order valence-corrected chi connectivity index (χ3v) is 3.05. The molecule has 0 amide bonds. The van der Waals surface area contributed by atoms with Crippen LogP contribution in [0.2, 0.25) is 0 Å². The van der Waals surface area contributed by atoms with Gasteiger partial charge in [-0.05, 0) is 42.6 Å². The van der Waals surface area contributed by atoms with E-state index in [0.29, 0.717) is 10.9 Å². The summed E-state index contributed by atoms with van der Waals surface area (Å²) >= 11 is 0. The predicted molar refractivity (Wildman–Crippen MR) is 65.1 cm³/mol. The molecule has 2 N–H and O–H groups in total. The molecule has 3 rings (SSSR count). The molecule has 84 valence electrons. The van der Waals surface area contributed by atoms with Gasteiger partial charge in [0.1, 0.15) is 5.75 Å². The summed E-state index contributed by atoms with van der Waals surface area (Å²) in [6.45, 7) is 1.67. The summed E-state index contributed by atoms with van der Waals surface area (Å²) in [7, 11) is 1.40. The second-order valence-corrected chi connectivity index (χ2v) is 4.01. The van der Waals surface area contributed by atoms with Crippen molar-refractivity contribution in [1.29, 1.82) is 0 Å². The normalized spacial score (nSPS) is 23.9. The Bertz CT molecular complexity index is 677. The zero-order valence-corrected chi connectivity index (χ0v) is 9.11. The van der Waals surface area contributed by atoms with E-state index in [4.69, 9.17) is 10.2 Å². The lowest BCUT2D eigenvalue weighted by Gasteiger charge is -2.07. The average molecular weight is 220 g/mol. The molecule has 0 aliphatic carbocycles. The Hall–Kier alpha value is -1.48. The molecule has 3 nitrogen and oxygen atoms in total. The average Bonchev–Trinajstić information content (AvgIpc) is 3.03. The van der Waals surface area contributed by atoms with Crippen LogP contribution < -0.4 is 10.1 Å². The van der Waals surface area contributed by atoms with Gasteiger partial charge in [0.2, 0.25) is 0 Å². The fraction of sp³-hybridized carbons (Fsp3) is 0.385. The maximum absolute atomic E-state index is 8.24. The minimum absolute atomic E-state index is 0.0152. The molecule has 1 aromatic heterocycles. The van der Waals surface area contributed by atoms with Crippen molar-refractivity contribution < 1.29 is 10.2 Å². The molecular formula is C13H16N2O. The Kier molecular flexibility index (Phi) is 1.51. The molecule has 0 bridgehead atoms. The van der Waals surface area contributed by atoms with E-state index < -0.39 is 0 Å². The number of aromatic amines is 1. The molecule has 1 atom stereocenters. The molecule has 0 unspecified atom stereocenters. The molecule has 1 aliphatic rings. The maximum Gasteiger partial charge on any atom is 0.119 e. The number of fused-ring (bicyclic) bond motifs is 1. The summed E-state index contributed by atoms with van der Waals surface area (Å²) in [4.78, 5) is 2.86. The number of hydrogen-bond donors (Lipinski definition) is 2. The van der Waals surface area contributed by atoms with Crippen molar-refractivity contribution in [2.75, 3.05) is 20.2 Å². The van der Waals surface area contributed by atoms with E-state index in [1.807, 2.05) is 0 Å². The number of benzene rings is 1. The van der Waals surface area contributed by atoms with Crippen molar-refractivity contribution in [3.63, 3.8) is 0 Å². The Morgan fingerprint density at radius 1 is 1.50 bits per heavy atom. The van der Waals surface area contributed by atoms with Crippen molar-refractivity contribution >= 4 is 10.9 Å². The van der Waals surface area contributed by atoms with Crippen molar-refractivity contribution in [2.24, 2.45) is 0 Å². The molecule has 0 spiro atoms. The second kappa shape index (κ2) is 3.83. The summed E-state index contributed by atoms with van der Waals surface area (Å²) in [6, 6.07) is -0.0268. The molecule has 3 heteroatoms. The number of hydrogen-bond acceptors (Lipinski definition) is 2. The fourth-order valence-electron chi connectivity index (χ4n) is 2.19. The minimum atomic E-state index is -0.109. The number of aromatic nitrogens is 1. The predicted octanol–water partition coefficient (Wildman–Crippen LogP) is 2.25. The van der Waals surface area contributed by atoms with Gasteiger partial charge in [0.15, 0.2) is 0 Å². The van der Waals surface area contributed by atoms with E-state index in [2.05, 4.69) is 10.3 Å². The van der Waals surface area contributed by atoms with Crippen LogP contribution >= 0.6 is 0 Å². The lowest BCUT2D eigenvalue weighted by Crippen LogP contribution is -2.07. The van der Waals surface area contributed by atoms with Gasteiger partial charge in [-0.2, -0.15) is 0 Å². The molecule has 16 heavy (non-hydrogen) atoms. The molecule has 1 fully saturated rings. The molecule has 2 heterocycles.